The lowest BCUT2D eigenvalue weighted by Crippen LogP contribution is -2.06. The Kier molecular flexibility index (Phi) is 4.88. The highest BCUT2D eigenvalue weighted by atomic mass is 16.6. The number of methoxy groups -OCH3 is 1. The normalized spacial score (nSPS) is 10.3. The van der Waals surface area contributed by atoms with Crippen LogP contribution in [0.1, 0.15) is 16.2 Å². The van der Waals surface area contributed by atoms with E-state index in [1.165, 1.54) is 19.2 Å². The molecule has 0 aliphatic rings. The number of carbonyl (C=O) groups is 1. The minimum absolute atomic E-state index is 0.0142. The van der Waals surface area contributed by atoms with Gasteiger partial charge in [0.1, 0.15) is 0 Å². The fraction of sp³-hybridized carbons (Fsp3) is 0.118. The van der Waals surface area contributed by atoms with Gasteiger partial charge in [0.25, 0.3) is 5.89 Å². The van der Waals surface area contributed by atoms with Crippen LogP contribution in [0.15, 0.2) is 53.1 Å². The van der Waals surface area contributed by atoms with Crippen molar-refractivity contribution in [2.24, 2.45) is 0 Å². The van der Waals surface area contributed by atoms with Gasteiger partial charge in [-0.2, -0.15) is 4.98 Å². The first kappa shape index (κ1) is 17.1. The Morgan fingerprint density at radius 3 is 2.69 bits per heavy atom. The summed E-state index contributed by atoms with van der Waals surface area (Å²) < 4.78 is 15.0. The van der Waals surface area contributed by atoms with Gasteiger partial charge in [0, 0.05) is 11.6 Å². The number of nitro groups is 1. The van der Waals surface area contributed by atoms with Gasteiger partial charge in [-0.1, -0.05) is 35.5 Å². The number of ether oxygens (including phenoxy) is 2. The molecule has 0 spiro atoms. The summed E-state index contributed by atoms with van der Waals surface area (Å²) >= 11 is 0. The highest BCUT2D eigenvalue weighted by Crippen LogP contribution is 2.27. The molecule has 9 heteroatoms. The van der Waals surface area contributed by atoms with Gasteiger partial charge in [-0.25, -0.2) is 4.79 Å². The molecule has 2 aromatic carbocycles. The van der Waals surface area contributed by atoms with Crippen molar-refractivity contribution < 1.29 is 23.7 Å². The molecule has 0 aliphatic heterocycles. The number of carbonyl (C=O) groups excluding carboxylic acids is 1. The molecule has 1 aromatic heterocycles. The molecule has 132 valence electrons. The third-order valence-corrected chi connectivity index (χ3v) is 3.44. The van der Waals surface area contributed by atoms with Gasteiger partial charge < -0.3 is 14.0 Å². The van der Waals surface area contributed by atoms with E-state index in [4.69, 9.17) is 14.0 Å². The Morgan fingerprint density at radius 1 is 1.23 bits per heavy atom. The van der Waals surface area contributed by atoms with E-state index in [1.807, 2.05) is 30.3 Å². The summed E-state index contributed by atoms with van der Waals surface area (Å²) in [6.45, 7) is -0.251. The topological polar surface area (TPSA) is 118 Å². The highest BCUT2D eigenvalue weighted by molar-refractivity contribution is 5.90. The van der Waals surface area contributed by atoms with Crippen LogP contribution in [0.2, 0.25) is 0 Å². The van der Waals surface area contributed by atoms with Gasteiger partial charge in [-0.3, -0.25) is 10.1 Å². The number of nitrogens with zero attached hydrogens (tertiary/aromatic N) is 3. The fourth-order valence-electron chi connectivity index (χ4n) is 2.19. The monoisotopic (exact) mass is 355 g/mol. The average Bonchev–Trinajstić information content (AvgIpc) is 3.15. The van der Waals surface area contributed by atoms with E-state index in [0.29, 0.717) is 5.82 Å². The third kappa shape index (κ3) is 3.66. The minimum Gasteiger partial charge on any atom is -0.490 e. The summed E-state index contributed by atoms with van der Waals surface area (Å²) in [7, 11) is 1.31. The van der Waals surface area contributed by atoms with Crippen LogP contribution < -0.4 is 4.74 Å². The molecule has 3 rings (SSSR count). The standard InChI is InChI=1S/C17H13N3O6/c1-24-14-8-7-12(9-13(14)20(22)23)17(21)25-10-15-18-16(19-26-15)11-5-3-2-4-6-11/h2-9H,10H2,1H3. The Labute approximate surface area is 147 Å². The lowest BCUT2D eigenvalue weighted by molar-refractivity contribution is -0.385. The van der Waals surface area contributed by atoms with Gasteiger partial charge in [0.2, 0.25) is 5.82 Å². The van der Waals surface area contributed by atoms with Gasteiger partial charge >= 0.3 is 11.7 Å². The van der Waals surface area contributed by atoms with Crippen molar-refractivity contribution in [3.8, 4) is 17.1 Å². The maximum absolute atomic E-state index is 12.1. The maximum Gasteiger partial charge on any atom is 0.338 e. The summed E-state index contributed by atoms with van der Waals surface area (Å²) in [5, 5.41) is 14.8. The summed E-state index contributed by atoms with van der Waals surface area (Å²) in [6.07, 6.45) is 0. The van der Waals surface area contributed by atoms with E-state index >= 15 is 0 Å². The number of rotatable bonds is 6. The lowest BCUT2D eigenvalue weighted by Gasteiger charge is -2.04. The van der Waals surface area contributed by atoms with E-state index in [2.05, 4.69) is 10.1 Å². The Bertz CT molecular complexity index is 939. The van der Waals surface area contributed by atoms with Crippen molar-refractivity contribution in [2.45, 2.75) is 6.61 Å². The molecule has 0 saturated heterocycles. The fourth-order valence-corrected chi connectivity index (χ4v) is 2.19. The first-order chi connectivity index (χ1) is 12.6. The molecule has 9 nitrogen and oxygen atoms in total. The van der Waals surface area contributed by atoms with Crippen molar-refractivity contribution in [3.05, 3.63) is 70.1 Å². The van der Waals surface area contributed by atoms with E-state index < -0.39 is 10.9 Å². The van der Waals surface area contributed by atoms with Crippen molar-refractivity contribution in [1.82, 2.24) is 10.1 Å². The second-order valence-electron chi connectivity index (χ2n) is 5.10. The molecule has 0 atom stereocenters. The number of hydrogen-bond donors (Lipinski definition) is 0. The van der Waals surface area contributed by atoms with E-state index in [-0.39, 0.29) is 29.5 Å². The number of nitro benzene ring substituents is 1. The molecule has 3 aromatic rings. The predicted molar refractivity (Wildman–Crippen MR) is 88.5 cm³/mol. The zero-order valence-electron chi connectivity index (χ0n) is 13.6. The van der Waals surface area contributed by atoms with Gasteiger partial charge in [0.05, 0.1) is 17.6 Å². The molecular formula is C17H13N3O6. The molecule has 0 saturated carbocycles. The average molecular weight is 355 g/mol. The Balaban J connectivity index is 1.69. The first-order valence-corrected chi connectivity index (χ1v) is 7.46. The van der Waals surface area contributed by atoms with Crippen LogP contribution in [0.4, 0.5) is 5.69 Å². The van der Waals surface area contributed by atoms with Crippen molar-refractivity contribution in [2.75, 3.05) is 7.11 Å². The van der Waals surface area contributed by atoms with E-state index in [1.54, 1.807) is 0 Å². The maximum atomic E-state index is 12.1. The first-order valence-electron chi connectivity index (χ1n) is 7.46. The van der Waals surface area contributed by atoms with Crippen LogP contribution in [0.5, 0.6) is 5.75 Å². The zero-order valence-corrected chi connectivity index (χ0v) is 13.6. The van der Waals surface area contributed by atoms with E-state index in [9.17, 15) is 14.9 Å². The molecule has 0 N–H and O–H groups in total. The van der Waals surface area contributed by atoms with Crippen molar-refractivity contribution in [3.63, 3.8) is 0 Å². The lowest BCUT2D eigenvalue weighted by atomic mass is 10.2. The van der Waals surface area contributed by atoms with Crippen LogP contribution in [0, 0.1) is 10.1 Å². The summed E-state index contributed by atoms with van der Waals surface area (Å²) in [5.74, 6) is -0.219. The number of hydrogen-bond acceptors (Lipinski definition) is 8. The summed E-state index contributed by atoms with van der Waals surface area (Å²) in [4.78, 5) is 26.6. The molecule has 0 aliphatic carbocycles. The number of benzene rings is 2. The number of aromatic nitrogens is 2. The molecule has 0 radical (unpaired) electrons. The van der Waals surface area contributed by atoms with Crippen LogP contribution >= 0.6 is 0 Å². The van der Waals surface area contributed by atoms with Crippen LogP contribution in [0.3, 0.4) is 0 Å². The molecule has 0 fully saturated rings. The highest BCUT2D eigenvalue weighted by Gasteiger charge is 2.19. The van der Waals surface area contributed by atoms with Crippen LogP contribution in [-0.4, -0.2) is 28.1 Å². The quantitative estimate of drug-likeness (QED) is 0.376. The van der Waals surface area contributed by atoms with Gasteiger partial charge in [-0.05, 0) is 12.1 Å². The Hall–Kier alpha value is -3.75. The minimum atomic E-state index is -0.754. The number of esters is 1. The molecule has 0 unspecified atom stereocenters. The molecule has 26 heavy (non-hydrogen) atoms. The molecule has 1 heterocycles. The van der Waals surface area contributed by atoms with E-state index in [0.717, 1.165) is 11.6 Å². The van der Waals surface area contributed by atoms with Crippen molar-refractivity contribution >= 4 is 11.7 Å². The molecule has 0 bridgehead atoms. The van der Waals surface area contributed by atoms with Gasteiger partial charge in [-0.15, -0.1) is 0 Å². The molecule has 0 amide bonds. The van der Waals surface area contributed by atoms with Crippen LogP contribution in [0.25, 0.3) is 11.4 Å². The predicted octanol–water partition coefficient (Wildman–Crippen LogP) is 3.01. The Morgan fingerprint density at radius 2 is 2.00 bits per heavy atom. The van der Waals surface area contributed by atoms with Gasteiger partial charge in [0.15, 0.2) is 12.4 Å². The smallest absolute Gasteiger partial charge is 0.338 e. The summed E-state index contributed by atoms with van der Waals surface area (Å²) in [6, 6.07) is 13.0. The molecular weight excluding hydrogens is 342 g/mol. The second-order valence-corrected chi connectivity index (χ2v) is 5.10. The van der Waals surface area contributed by atoms with Crippen LogP contribution in [-0.2, 0) is 11.3 Å². The SMILES string of the molecule is COc1ccc(C(=O)OCc2nc(-c3ccccc3)no2)cc1[N+](=O)[O-]. The third-order valence-electron chi connectivity index (χ3n) is 3.44. The van der Waals surface area contributed by atoms with Crippen molar-refractivity contribution in [1.29, 1.82) is 0 Å². The second kappa shape index (κ2) is 7.43. The summed E-state index contributed by atoms with van der Waals surface area (Å²) in [5.41, 5.74) is 0.450. The zero-order chi connectivity index (χ0) is 18.5. The largest absolute Gasteiger partial charge is 0.490 e.